The molecule has 1 atom stereocenters. The van der Waals surface area contributed by atoms with Gasteiger partial charge in [-0.3, -0.25) is 19.4 Å². The number of carbonyl (C=O) groups excluding carboxylic acids is 4. The van der Waals surface area contributed by atoms with Crippen LogP contribution in [-0.4, -0.2) is 53.3 Å². The van der Waals surface area contributed by atoms with Gasteiger partial charge in [0.25, 0.3) is 5.91 Å². The molecule has 3 aliphatic rings. The van der Waals surface area contributed by atoms with Crippen LogP contribution in [-0.2, 0) is 19.9 Å². The fourth-order valence-corrected chi connectivity index (χ4v) is 6.21. The minimum absolute atomic E-state index is 0.0505. The lowest BCUT2D eigenvalue weighted by molar-refractivity contribution is -0.128. The first-order valence-corrected chi connectivity index (χ1v) is 14.4. The number of esters is 1. The van der Waals surface area contributed by atoms with E-state index >= 15 is 0 Å². The van der Waals surface area contributed by atoms with E-state index in [9.17, 15) is 19.2 Å². The summed E-state index contributed by atoms with van der Waals surface area (Å²) in [4.78, 5) is 64.2. The van der Waals surface area contributed by atoms with E-state index in [-0.39, 0.29) is 45.9 Å². The Morgan fingerprint density at radius 3 is 2.62 bits per heavy atom. The second kappa shape index (κ2) is 11.2. The van der Waals surface area contributed by atoms with Gasteiger partial charge in [0.05, 0.1) is 29.0 Å². The number of nitrogens with zero attached hydrogens (tertiary/aromatic N) is 3. The zero-order chi connectivity index (χ0) is 29.4. The minimum atomic E-state index is -1.65. The topological polar surface area (TPSA) is 131 Å². The quantitative estimate of drug-likeness (QED) is 0.363. The molecule has 1 aromatic carbocycles. The molecule has 1 saturated heterocycles. The van der Waals surface area contributed by atoms with Crippen LogP contribution >= 0.6 is 11.6 Å². The second-order valence-electron chi connectivity index (χ2n) is 10.8. The van der Waals surface area contributed by atoms with Crippen molar-refractivity contribution in [1.29, 1.82) is 0 Å². The predicted molar refractivity (Wildman–Crippen MR) is 156 cm³/mol. The van der Waals surface area contributed by atoms with E-state index in [0.717, 1.165) is 19.3 Å². The summed E-state index contributed by atoms with van der Waals surface area (Å²) in [5.41, 5.74) is -0.425. The van der Waals surface area contributed by atoms with E-state index in [0.29, 0.717) is 48.3 Å². The Morgan fingerprint density at radius 2 is 1.93 bits per heavy atom. The number of hydrogen-bond acceptors (Lipinski definition) is 8. The van der Waals surface area contributed by atoms with Gasteiger partial charge in [-0.15, -0.1) is 0 Å². The summed E-state index contributed by atoms with van der Waals surface area (Å²) in [6.07, 6.45) is 9.98. The van der Waals surface area contributed by atoms with Crippen molar-refractivity contribution in [3.8, 4) is 0 Å². The van der Waals surface area contributed by atoms with Gasteiger partial charge in [0.2, 0.25) is 5.91 Å². The number of benzene rings is 1. The van der Waals surface area contributed by atoms with Crippen molar-refractivity contribution >= 4 is 58.2 Å². The van der Waals surface area contributed by atoms with Crippen molar-refractivity contribution in [3.05, 3.63) is 70.2 Å². The Bertz CT molecular complexity index is 1650. The summed E-state index contributed by atoms with van der Waals surface area (Å²) in [7, 11) is 1.28. The van der Waals surface area contributed by atoms with Gasteiger partial charge < -0.3 is 19.4 Å². The smallest absolute Gasteiger partial charge is 0.337 e. The SMILES string of the molecule is COC(=O)c1ccc2oc(C(=O)Nc3ccc(Cl)cn3)c(C3(C(=O)C4CCCCC4)C=C(N4CCCC4=O)C=N3)c2c1. The zero-order valence-electron chi connectivity index (χ0n) is 23.0. The molecule has 1 saturated carbocycles. The van der Waals surface area contributed by atoms with E-state index < -0.39 is 17.4 Å². The van der Waals surface area contributed by atoms with E-state index in [4.69, 9.17) is 25.7 Å². The van der Waals surface area contributed by atoms with E-state index in [1.54, 1.807) is 35.2 Å². The standard InChI is InChI=1S/C31H29ClN4O6/c1-41-30(40)19-9-11-23-22(14-19)26(27(42-23)29(39)35-24-12-10-20(32)16-33-24)31(28(38)18-6-3-2-4-7-18)15-21(17-34-31)36-13-5-8-25(36)37/h9-12,14-18H,2-8,13H2,1H3,(H,33,35,39). The molecule has 1 unspecified atom stereocenters. The molecule has 2 fully saturated rings. The Hall–Kier alpha value is -4.31. The van der Waals surface area contributed by atoms with Crippen LogP contribution in [0.15, 0.2) is 57.7 Å². The lowest BCUT2D eigenvalue weighted by Gasteiger charge is -2.30. The Labute approximate surface area is 246 Å². The lowest BCUT2D eigenvalue weighted by Crippen LogP contribution is -2.38. The van der Waals surface area contributed by atoms with Crippen LogP contribution in [0.4, 0.5) is 5.82 Å². The van der Waals surface area contributed by atoms with Gasteiger partial charge in [0.1, 0.15) is 11.4 Å². The molecule has 0 radical (unpaired) electrons. The number of hydrogen-bond donors (Lipinski definition) is 1. The molecule has 0 bridgehead atoms. The molecule has 11 heteroatoms. The Balaban J connectivity index is 1.56. The fraction of sp³-hybridized carbons (Fsp3) is 0.355. The fourth-order valence-electron chi connectivity index (χ4n) is 6.10. The van der Waals surface area contributed by atoms with Crippen molar-refractivity contribution in [1.82, 2.24) is 9.88 Å². The number of allylic oxidation sites excluding steroid dienone is 1. The lowest BCUT2D eigenvalue weighted by atomic mass is 9.74. The van der Waals surface area contributed by atoms with Crippen molar-refractivity contribution < 1.29 is 28.3 Å². The van der Waals surface area contributed by atoms with E-state index in [1.165, 1.54) is 25.6 Å². The number of likely N-dealkylation sites (tertiary alicyclic amines) is 1. The number of aromatic nitrogens is 1. The molecule has 216 valence electrons. The molecule has 2 aliphatic heterocycles. The molecule has 1 aliphatic carbocycles. The van der Waals surface area contributed by atoms with Crippen LogP contribution in [0.2, 0.25) is 5.02 Å². The number of methoxy groups -OCH3 is 1. The number of ketones is 1. The number of aliphatic imine (C=N–C) groups is 1. The average Bonchev–Trinajstić information content (AvgIpc) is 3.74. The first-order chi connectivity index (χ1) is 20.3. The Morgan fingerprint density at radius 1 is 1.12 bits per heavy atom. The first kappa shape index (κ1) is 27.8. The van der Waals surface area contributed by atoms with Gasteiger partial charge in [-0.05, 0) is 55.7 Å². The van der Waals surface area contributed by atoms with Crippen LogP contribution < -0.4 is 5.32 Å². The number of fused-ring (bicyclic) bond motifs is 1. The van der Waals surface area contributed by atoms with Crippen LogP contribution in [0.1, 0.15) is 71.4 Å². The zero-order valence-corrected chi connectivity index (χ0v) is 23.8. The number of halogens is 1. The Kier molecular flexibility index (Phi) is 7.40. The molecule has 42 heavy (non-hydrogen) atoms. The summed E-state index contributed by atoms with van der Waals surface area (Å²) >= 11 is 5.97. The normalized spacial score (nSPS) is 20.7. The van der Waals surface area contributed by atoms with Crippen LogP contribution in [0, 0.1) is 5.92 Å². The van der Waals surface area contributed by atoms with Gasteiger partial charge in [-0.2, -0.15) is 0 Å². The largest absolute Gasteiger partial charge is 0.465 e. The number of amides is 2. The van der Waals surface area contributed by atoms with Gasteiger partial charge in [0.15, 0.2) is 17.1 Å². The van der Waals surface area contributed by atoms with E-state index in [2.05, 4.69) is 10.3 Å². The molecule has 4 heterocycles. The molecule has 3 aromatic rings. The average molecular weight is 589 g/mol. The third-order valence-electron chi connectivity index (χ3n) is 8.16. The molecule has 10 nitrogen and oxygen atoms in total. The number of ether oxygens (including phenoxy) is 1. The number of pyridine rings is 1. The van der Waals surface area contributed by atoms with Crippen molar-refractivity contribution in [2.45, 2.75) is 50.5 Å². The molecular weight excluding hydrogens is 560 g/mol. The molecule has 6 rings (SSSR count). The van der Waals surface area contributed by atoms with Crippen molar-refractivity contribution in [2.24, 2.45) is 10.9 Å². The summed E-state index contributed by atoms with van der Waals surface area (Å²) in [5, 5.41) is 3.50. The van der Waals surface area contributed by atoms with Gasteiger partial charge in [0, 0.05) is 36.7 Å². The van der Waals surface area contributed by atoms with Crippen molar-refractivity contribution in [2.75, 3.05) is 19.0 Å². The molecule has 1 N–H and O–H groups in total. The van der Waals surface area contributed by atoms with Gasteiger partial charge in [-0.25, -0.2) is 9.78 Å². The number of nitrogens with one attached hydrogen (secondary N) is 1. The predicted octanol–water partition coefficient (Wildman–Crippen LogP) is 5.46. The minimum Gasteiger partial charge on any atom is -0.465 e. The number of Topliss-reactive ketones (excluding diaryl/α,β-unsaturated/α-hetero) is 1. The molecule has 0 spiro atoms. The highest BCUT2D eigenvalue weighted by Crippen LogP contribution is 2.46. The van der Waals surface area contributed by atoms with Crippen LogP contribution in [0.3, 0.4) is 0 Å². The van der Waals surface area contributed by atoms with E-state index in [1.807, 2.05) is 0 Å². The number of anilines is 1. The van der Waals surface area contributed by atoms with Gasteiger partial charge in [-0.1, -0.05) is 30.9 Å². The summed E-state index contributed by atoms with van der Waals surface area (Å²) < 4.78 is 11.1. The third-order valence-corrected chi connectivity index (χ3v) is 8.38. The molecule has 2 aromatic heterocycles. The molecule has 2 amide bonds. The second-order valence-corrected chi connectivity index (χ2v) is 11.2. The monoisotopic (exact) mass is 588 g/mol. The highest BCUT2D eigenvalue weighted by molar-refractivity contribution is 6.30. The highest BCUT2D eigenvalue weighted by atomic mass is 35.5. The number of carbonyl (C=O) groups is 4. The van der Waals surface area contributed by atoms with Crippen LogP contribution in [0.25, 0.3) is 11.0 Å². The summed E-state index contributed by atoms with van der Waals surface area (Å²) in [6, 6.07) is 7.78. The van der Waals surface area contributed by atoms with Gasteiger partial charge >= 0.3 is 5.97 Å². The van der Waals surface area contributed by atoms with Crippen LogP contribution in [0.5, 0.6) is 0 Å². The molecular formula is C31H29ClN4O6. The number of furan rings is 1. The first-order valence-electron chi connectivity index (χ1n) is 14.0. The van der Waals surface area contributed by atoms with Crippen molar-refractivity contribution in [3.63, 3.8) is 0 Å². The highest BCUT2D eigenvalue weighted by Gasteiger charge is 2.49. The summed E-state index contributed by atoms with van der Waals surface area (Å²) in [6.45, 7) is 0.512. The maximum Gasteiger partial charge on any atom is 0.337 e. The summed E-state index contributed by atoms with van der Waals surface area (Å²) in [5.74, 6) is -1.68. The maximum atomic E-state index is 14.6. The third kappa shape index (κ3) is 4.89. The maximum absolute atomic E-state index is 14.6. The number of rotatable bonds is 7.